The Morgan fingerprint density at radius 1 is 1.04 bits per heavy atom. The lowest BCUT2D eigenvalue weighted by atomic mass is 9.54. The molecule has 0 heterocycles. The van der Waals surface area contributed by atoms with E-state index in [9.17, 15) is 10.2 Å². The van der Waals surface area contributed by atoms with Crippen LogP contribution >= 0.6 is 0 Å². The summed E-state index contributed by atoms with van der Waals surface area (Å²) in [4.78, 5) is 0. The van der Waals surface area contributed by atoms with Crippen LogP contribution in [0.15, 0.2) is 48.5 Å². The molecule has 2 aliphatic carbocycles. The number of hydrogen-bond acceptors (Lipinski definition) is 2. The Balaban J connectivity index is 1.80. The van der Waals surface area contributed by atoms with Crippen LogP contribution in [-0.4, -0.2) is 16.3 Å². The third-order valence-electron chi connectivity index (χ3n) is 6.01. The van der Waals surface area contributed by atoms with Crippen molar-refractivity contribution in [2.24, 2.45) is 5.92 Å². The van der Waals surface area contributed by atoms with E-state index in [1.165, 1.54) is 16.7 Å². The van der Waals surface area contributed by atoms with Crippen molar-refractivity contribution in [3.05, 3.63) is 65.2 Å². The fourth-order valence-electron chi connectivity index (χ4n) is 4.94. The number of benzene rings is 2. The minimum absolute atomic E-state index is 0.113. The van der Waals surface area contributed by atoms with Gasteiger partial charge in [0.25, 0.3) is 0 Å². The average molecular weight is 308 g/mol. The summed E-state index contributed by atoms with van der Waals surface area (Å²) in [7, 11) is 0. The first kappa shape index (κ1) is 14.8. The highest BCUT2D eigenvalue weighted by Crippen LogP contribution is 2.52. The number of fused-ring (bicyclic) bond motifs is 3. The molecule has 3 atom stereocenters. The van der Waals surface area contributed by atoms with Gasteiger partial charge in [0.05, 0.1) is 6.10 Å². The molecule has 0 amide bonds. The lowest BCUT2D eigenvalue weighted by Gasteiger charge is -2.50. The van der Waals surface area contributed by atoms with Crippen LogP contribution in [0, 0.1) is 5.92 Å². The molecule has 0 bridgehead atoms. The first-order valence-corrected chi connectivity index (χ1v) is 8.72. The zero-order chi connectivity index (χ0) is 15.9. The lowest BCUT2D eigenvalue weighted by Crippen LogP contribution is -2.46. The summed E-state index contributed by atoms with van der Waals surface area (Å²) < 4.78 is 0. The van der Waals surface area contributed by atoms with Gasteiger partial charge < -0.3 is 10.2 Å². The number of aromatic hydroxyl groups is 1. The maximum Gasteiger partial charge on any atom is 0.115 e. The molecule has 23 heavy (non-hydrogen) atoms. The Morgan fingerprint density at radius 2 is 1.87 bits per heavy atom. The summed E-state index contributed by atoms with van der Waals surface area (Å²) in [5.41, 5.74) is 4.19. The van der Waals surface area contributed by atoms with Crippen molar-refractivity contribution in [3.8, 4) is 5.75 Å². The fraction of sp³-hybridized carbons (Fsp3) is 0.429. The molecule has 0 radical (unpaired) electrons. The SMILES string of the molecule is Oc1ccc2c(c1)CC[C@@H]1C[C@H](O)CC[C@@]21Cc1ccccc1. The second kappa shape index (κ2) is 5.68. The van der Waals surface area contributed by atoms with Gasteiger partial charge >= 0.3 is 0 Å². The highest BCUT2D eigenvalue weighted by Gasteiger charge is 2.47. The van der Waals surface area contributed by atoms with Crippen LogP contribution in [0.1, 0.15) is 42.4 Å². The lowest BCUT2D eigenvalue weighted by molar-refractivity contribution is 0.0405. The number of aliphatic hydroxyl groups excluding tert-OH is 1. The van der Waals surface area contributed by atoms with Gasteiger partial charge in [-0.15, -0.1) is 0 Å². The van der Waals surface area contributed by atoms with Crippen LogP contribution in [0.5, 0.6) is 5.75 Å². The second-order valence-corrected chi connectivity index (χ2v) is 7.32. The van der Waals surface area contributed by atoms with Crippen LogP contribution in [0.25, 0.3) is 0 Å². The minimum Gasteiger partial charge on any atom is -0.508 e. The molecule has 0 unspecified atom stereocenters. The highest BCUT2D eigenvalue weighted by atomic mass is 16.3. The Hall–Kier alpha value is -1.80. The molecule has 0 spiro atoms. The molecular formula is C21H24O2. The third-order valence-corrected chi connectivity index (χ3v) is 6.01. The van der Waals surface area contributed by atoms with Crippen LogP contribution in [-0.2, 0) is 18.3 Å². The molecule has 0 aliphatic heterocycles. The third kappa shape index (κ3) is 2.55. The van der Waals surface area contributed by atoms with E-state index >= 15 is 0 Å². The van der Waals surface area contributed by atoms with E-state index < -0.39 is 0 Å². The van der Waals surface area contributed by atoms with Gasteiger partial charge in [0.2, 0.25) is 0 Å². The molecule has 0 aromatic heterocycles. The standard InChI is InChI=1S/C21H24O2/c22-18-8-9-20-16(12-18)6-7-17-13-19(23)10-11-21(17,20)14-15-4-2-1-3-5-15/h1-5,8-9,12,17,19,22-23H,6-7,10-11,13-14H2/t17-,19-,21+/m1/s1. The maximum absolute atomic E-state index is 10.2. The predicted octanol–water partition coefficient (Wildman–Crippen LogP) is 3.98. The molecule has 0 saturated heterocycles. The normalized spacial score (nSPS) is 29.6. The smallest absolute Gasteiger partial charge is 0.115 e. The van der Waals surface area contributed by atoms with Crippen molar-refractivity contribution in [1.29, 1.82) is 0 Å². The Labute approximate surface area is 137 Å². The minimum atomic E-state index is -0.150. The molecular weight excluding hydrogens is 284 g/mol. The average Bonchev–Trinajstić information content (AvgIpc) is 2.56. The van der Waals surface area contributed by atoms with Crippen molar-refractivity contribution in [2.45, 2.75) is 50.0 Å². The van der Waals surface area contributed by atoms with Gasteiger partial charge in [0.15, 0.2) is 0 Å². The van der Waals surface area contributed by atoms with E-state index in [4.69, 9.17) is 0 Å². The van der Waals surface area contributed by atoms with E-state index in [1.54, 1.807) is 0 Å². The van der Waals surface area contributed by atoms with Gasteiger partial charge in [-0.25, -0.2) is 0 Å². The van der Waals surface area contributed by atoms with Crippen LogP contribution in [0.3, 0.4) is 0 Å². The van der Waals surface area contributed by atoms with Gasteiger partial charge in [-0.3, -0.25) is 0 Å². The summed E-state index contributed by atoms with van der Waals surface area (Å²) in [6.45, 7) is 0. The molecule has 2 heteroatoms. The van der Waals surface area contributed by atoms with Crippen molar-refractivity contribution < 1.29 is 10.2 Å². The zero-order valence-electron chi connectivity index (χ0n) is 13.4. The topological polar surface area (TPSA) is 40.5 Å². The molecule has 120 valence electrons. The van der Waals surface area contributed by atoms with Crippen molar-refractivity contribution in [1.82, 2.24) is 0 Å². The summed E-state index contributed by atoms with van der Waals surface area (Å²) in [5, 5.41) is 20.0. The fourth-order valence-corrected chi connectivity index (χ4v) is 4.94. The van der Waals surface area contributed by atoms with Crippen molar-refractivity contribution in [2.75, 3.05) is 0 Å². The highest BCUT2D eigenvalue weighted by molar-refractivity contribution is 5.44. The largest absolute Gasteiger partial charge is 0.508 e. The van der Waals surface area contributed by atoms with E-state index in [1.807, 2.05) is 12.1 Å². The van der Waals surface area contributed by atoms with Gasteiger partial charge in [-0.1, -0.05) is 36.4 Å². The van der Waals surface area contributed by atoms with Crippen molar-refractivity contribution >= 4 is 0 Å². The zero-order valence-corrected chi connectivity index (χ0v) is 13.4. The van der Waals surface area contributed by atoms with E-state index in [-0.39, 0.29) is 11.5 Å². The number of aryl methyl sites for hydroxylation is 1. The molecule has 2 aromatic carbocycles. The number of hydrogen-bond donors (Lipinski definition) is 2. The first-order valence-electron chi connectivity index (χ1n) is 8.72. The Morgan fingerprint density at radius 3 is 2.70 bits per heavy atom. The van der Waals surface area contributed by atoms with Gasteiger partial charge in [0.1, 0.15) is 5.75 Å². The van der Waals surface area contributed by atoms with Crippen LogP contribution in [0.4, 0.5) is 0 Å². The molecule has 2 nitrogen and oxygen atoms in total. The van der Waals surface area contributed by atoms with Crippen LogP contribution in [0.2, 0.25) is 0 Å². The number of phenolic OH excluding ortho intramolecular Hbond substituents is 1. The molecule has 2 aliphatic rings. The Kier molecular flexibility index (Phi) is 3.65. The van der Waals surface area contributed by atoms with Gasteiger partial charge in [0, 0.05) is 5.41 Å². The summed E-state index contributed by atoms with van der Waals surface area (Å²) >= 11 is 0. The summed E-state index contributed by atoms with van der Waals surface area (Å²) in [6, 6.07) is 16.6. The number of aliphatic hydroxyl groups is 1. The monoisotopic (exact) mass is 308 g/mol. The molecule has 2 N–H and O–H groups in total. The second-order valence-electron chi connectivity index (χ2n) is 7.32. The molecule has 1 saturated carbocycles. The van der Waals surface area contributed by atoms with E-state index in [0.29, 0.717) is 11.7 Å². The van der Waals surface area contributed by atoms with Crippen molar-refractivity contribution in [3.63, 3.8) is 0 Å². The maximum atomic E-state index is 10.2. The quantitative estimate of drug-likeness (QED) is 0.881. The van der Waals surface area contributed by atoms with Crippen LogP contribution < -0.4 is 0 Å². The van der Waals surface area contributed by atoms with E-state index in [2.05, 4.69) is 36.4 Å². The molecule has 2 aromatic rings. The summed E-state index contributed by atoms with van der Waals surface area (Å²) in [6.07, 6.45) is 5.83. The van der Waals surface area contributed by atoms with Gasteiger partial charge in [-0.05, 0) is 73.3 Å². The molecule has 1 fully saturated rings. The Bertz CT molecular complexity index is 694. The predicted molar refractivity (Wildman–Crippen MR) is 91.6 cm³/mol. The number of phenols is 1. The molecule has 4 rings (SSSR count). The number of rotatable bonds is 2. The summed E-state index contributed by atoms with van der Waals surface area (Å²) in [5.74, 6) is 0.899. The first-order chi connectivity index (χ1) is 11.2. The van der Waals surface area contributed by atoms with E-state index in [0.717, 1.165) is 38.5 Å². The van der Waals surface area contributed by atoms with Gasteiger partial charge in [-0.2, -0.15) is 0 Å².